The van der Waals surface area contributed by atoms with Crippen LogP contribution in [0.1, 0.15) is 12.1 Å². The highest BCUT2D eigenvalue weighted by molar-refractivity contribution is 9.10. The summed E-state index contributed by atoms with van der Waals surface area (Å²) in [6.07, 6.45) is -2.90. The average molecular weight is 302 g/mol. The van der Waals surface area contributed by atoms with E-state index in [1.807, 2.05) is 0 Å². The van der Waals surface area contributed by atoms with Crippen molar-refractivity contribution >= 4 is 31.6 Å². The first-order valence-corrected chi connectivity index (χ1v) is 5.84. The van der Waals surface area contributed by atoms with Gasteiger partial charge in [-0.2, -0.15) is 0 Å². The van der Waals surface area contributed by atoms with Crippen LogP contribution in [0.5, 0.6) is 0 Å². The molecule has 5 nitrogen and oxygen atoms in total. The zero-order valence-electron chi connectivity index (χ0n) is 7.12. The molecular weight excluding hydrogens is 296 g/mol. The van der Waals surface area contributed by atoms with E-state index in [2.05, 4.69) is 20.9 Å². The number of nitrogen functional groups attached to an aromatic ring is 1. The molecule has 15 heavy (non-hydrogen) atoms. The molecule has 0 unspecified atom stereocenters. The zero-order chi connectivity index (χ0) is 11.8. The molecule has 0 spiro atoms. The third kappa shape index (κ3) is 2.61. The Balaban J connectivity index is 3.52. The maximum absolute atomic E-state index is 12.3. The molecule has 0 aromatic carbocycles. The largest absolute Gasteiger partial charge is 0.395 e. The fraction of sp³-hybridized carbons (Fsp3) is 0.167. The summed E-state index contributed by atoms with van der Waals surface area (Å²) in [4.78, 5) is 2.80. The average Bonchev–Trinajstić information content (AvgIpc) is 2.06. The Hall–Kier alpha value is -0.800. The van der Waals surface area contributed by atoms with Gasteiger partial charge in [0.15, 0.2) is 0 Å². The SMILES string of the molecule is Nc1c(S(N)(=O)=O)cc(C(F)F)nc1Br. The lowest BCUT2D eigenvalue weighted by Crippen LogP contribution is -2.16. The van der Waals surface area contributed by atoms with Crippen LogP contribution in [0.4, 0.5) is 14.5 Å². The number of hydrogen-bond donors (Lipinski definition) is 2. The van der Waals surface area contributed by atoms with Crippen molar-refractivity contribution in [1.82, 2.24) is 4.98 Å². The molecule has 1 rings (SSSR count). The van der Waals surface area contributed by atoms with Crippen LogP contribution in [0.3, 0.4) is 0 Å². The van der Waals surface area contributed by atoms with Gasteiger partial charge in [-0.15, -0.1) is 0 Å². The lowest BCUT2D eigenvalue weighted by molar-refractivity contribution is 0.145. The van der Waals surface area contributed by atoms with Crippen LogP contribution in [0.25, 0.3) is 0 Å². The van der Waals surface area contributed by atoms with Crippen LogP contribution in [0.15, 0.2) is 15.6 Å². The highest BCUT2D eigenvalue weighted by Crippen LogP contribution is 2.29. The van der Waals surface area contributed by atoms with Crippen molar-refractivity contribution in [2.45, 2.75) is 11.3 Å². The summed E-state index contributed by atoms with van der Waals surface area (Å²) in [5.74, 6) is 0. The monoisotopic (exact) mass is 301 g/mol. The van der Waals surface area contributed by atoms with Crippen molar-refractivity contribution in [3.05, 3.63) is 16.4 Å². The van der Waals surface area contributed by atoms with Crippen LogP contribution in [0.2, 0.25) is 0 Å². The van der Waals surface area contributed by atoms with Crippen molar-refractivity contribution in [2.24, 2.45) is 5.14 Å². The Morgan fingerprint density at radius 2 is 2.00 bits per heavy atom. The molecule has 0 bridgehead atoms. The van der Waals surface area contributed by atoms with E-state index in [4.69, 9.17) is 10.9 Å². The van der Waals surface area contributed by atoms with E-state index in [0.717, 1.165) is 0 Å². The number of rotatable bonds is 2. The predicted octanol–water partition coefficient (Wildman–Crippen LogP) is 1.01. The van der Waals surface area contributed by atoms with Crippen molar-refractivity contribution in [3.63, 3.8) is 0 Å². The first-order valence-electron chi connectivity index (χ1n) is 3.50. The molecule has 1 aromatic heterocycles. The van der Waals surface area contributed by atoms with Crippen LogP contribution < -0.4 is 10.9 Å². The van der Waals surface area contributed by atoms with E-state index in [1.54, 1.807) is 0 Å². The van der Waals surface area contributed by atoms with Crippen molar-refractivity contribution in [2.75, 3.05) is 5.73 Å². The number of anilines is 1. The van der Waals surface area contributed by atoms with Crippen LogP contribution >= 0.6 is 15.9 Å². The summed E-state index contributed by atoms with van der Waals surface area (Å²) in [5.41, 5.74) is 4.33. The minimum absolute atomic E-state index is 0.177. The second-order valence-corrected chi connectivity index (χ2v) is 4.88. The van der Waals surface area contributed by atoms with E-state index in [0.29, 0.717) is 6.07 Å². The molecule has 0 aliphatic rings. The third-order valence-corrected chi connectivity index (χ3v) is 3.08. The maximum Gasteiger partial charge on any atom is 0.280 e. The van der Waals surface area contributed by atoms with Gasteiger partial charge in [0.25, 0.3) is 6.43 Å². The summed E-state index contributed by atoms with van der Waals surface area (Å²) in [7, 11) is -4.14. The van der Waals surface area contributed by atoms with Gasteiger partial charge in [-0.05, 0) is 22.0 Å². The van der Waals surface area contributed by atoms with Gasteiger partial charge in [0.05, 0.1) is 5.69 Å². The number of sulfonamides is 1. The van der Waals surface area contributed by atoms with Gasteiger partial charge < -0.3 is 5.73 Å². The molecule has 1 aromatic rings. The van der Waals surface area contributed by atoms with Crippen molar-refractivity contribution < 1.29 is 17.2 Å². The Bertz CT molecular complexity index is 491. The molecule has 0 aliphatic carbocycles. The molecule has 84 valence electrons. The Labute approximate surface area is 92.7 Å². The second-order valence-electron chi connectivity index (χ2n) is 2.60. The summed E-state index contributed by atoms with van der Waals surface area (Å²) in [5, 5.41) is 4.79. The standard InChI is InChI=1S/C6H6BrF2N3O2S/c7-5-4(10)3(15(11,13)14)1-2(12-5)6(8)9/h1,6H,10H2,(H2,11,13,14). The second kappa shape index (κ2) is 3.99. The van der Waals surface area contributed by atoms with Crippen LogP contribution in [0, 0.1) is 0 Å². The lowest BCUT2D eigenvalue weighted by Gasteiger charge is -2.07. The number of nitrogens with two attached hydrogens (primary N) is 2. The van der Waals surface area contributed by atoms with Crippen molar-refractivity contribution in [1.29, 1.82) is 0 Å². The van der Waals surface area contributed by atoms with Crippen LogP contribution in [-0.2, 0) is 10.0 Å². The molecule has 0 radical (unpaired) electrons. The minimum Gasteiger partial charge on any atom is -0.395 e. The molecular formula is C6H6BrF2N3O2S. The lowest BCUT2D eigenvalue weighted by atomic mass is 10.3. The third-order valence-electron chi connectivity index (χ3n) is 1.52. The maximum atomic E-state index is 12.3. The number of nitrogens with zero attached hydrogens (tertiary/aromatic N) is 1. The fourth-order valence-electron chi connectivity index (χ4n) is 0.867. The van der Waals surface area contributed by atoms with E-state index in [9.17, 15) is 17.2 Å². The Morgan fingerprint density at radius 1 is 1.47 bits per heavy atom. The highest BCUT2D eigenvalue weighted by atomic mass is 79.9. The van der Waals surface area contributed by atoms with Gasteiger partial charge >= 0.3 is 0 Å². The number of primary sulfonamides is 1. The number of halogens is 3. The summed E-state index contributed by atoms with van der Waals surface area (Å²) < 4.78 is 46.4. The van der Waals surface area contributed by atoms with Gasteiger partial charge in [0.2, 0.25) is 10.0 Å². The quantitative estimate of drug-likeness (QED) is 0.796. The van der Waals surface area contributed by atoms with Crippen LogP contribution in [-0.4, -0.2) is 13.4 Å². The molecule has 9 heteroatoms. The van der Waals surface area contributed by atoms with Gasteiger partial charge in [0.1, 0.15) is 15.2 Å². The fourth-order valence-corrected chi connectivity index (χ4v) is 2.10. The number of alkyl halides is 2. The molecule has 1 heterocycles. The molecule has 0 fully saturated rings. The first-order chi connectivity index (χ1) is 6.73. The van der Waals surface area contributed by atoms with E-state index < -0.39 is 27.0 Å². The zero-order valence-corrected chi connectivity index (χ0v) is 9.52. The topological polar surface area (TPSA) is 99.1 Å². The smallest absolute Gasteiger partial charge is 0.280 e. The normalized spacial score (nSPS) is 12.1. The number of hydrogen-bond acceptors (Lipinski definition) is 4. The van der Waals surface area contributed by atoms with E-state index in [-0.39, 0.29) is 10.3 Å². The highest BCUT2D eigenvalue weighted by Gasteiger charge is 2.20. The van der Waals surface area contributed by atoms with Crippen molar-refractivity contribution in [3.8, 4) is 0 Å². The van der Waals surface area contributed by atoms with Gasteiger partial charge in [-0.1, -0.05) is 0 Å². The summed E-state index contributed by atoms with van der Waals surface area (Å²) in [6, 6.07) is 0.653. The minimum atomic E-state index is -4.14. The molecule has 4 N–H and O–H groups in total. The van der Waals surface area contributed by atoms with Gasteiger partial charge in [0, 0.05) is 0 Å². The van der Waals surface area contributed by atoms with E-state index >= 15 is 0 Å². The molecule has 0 aliphatic heterocycles. The van der Waals surface area contributed by atoms with E-state index in [1.165, 1.54) is 0 Å². The molecule has 0 amide bonds. The number of pyridine rings is 1. The van der Waals surface area contributed by atoms with Gasteiger partial charge in [-0.3, -0.25) is 0 Å². The Morgan fingerprint density at radius 3 is 2.40 bits per heavy atom. The van der Waals surface area contributed by atoms with Gasteiger partial charge in [-0.25, -0.2) is 27.3 Å². The summed E-state index contributed by atoms with van der Waals surface area (Å²) >= 11 is 2.77. The summed E-state index contributed by atoms with van der Waals surface area (Å²) in [6.45, 7) is 0. The molecule has 0 saturated carbocycles. The Kier molecular flexibility index (Phi) is 3.26. The predicted molar refractivity (Wildman–Crippen MR) is 52.7 cm³/mol. The first kappa shape index (κ1) is 12.3. The number of aromatic nitrogens is 1. The molecule has 0 atom stereocenters. The molecule has 0 saturated heterocycles.